The maximum atomic E-state index is 13.2. The summed E-state index contributed by atoms with van der Waals surface area (Å²) in [6.45, 7) is 2.50. The highest BCUT2D eigenvalue weighted by Gasteiger charge is 2.23. The molecule has 10 heteroatoms. The van der Waals surface area contributed by atoms with Crippen LogP contribution in [0.3, 0.4) is 0 Å². The molecule has 352 valence electrons. The van der Waals surface area contributed by atoms with Crippen LogP contribution in [0.25, 0.3) is 0 Å². The predicted octanol–water partition coefficient (Wildman–Crippen LogP) is 10.7. The Balaban J connectivity index is 0.825. The first-order chi connectivity index (χ1) is 34.6. The average molecular weight is 939 g/mol. The Labute approximate surface area is 413 Å². The van der Waals surface area contributed by atoms with E-state index in [9.17, 15) is 29.4 Å². The lowest BCUT2D eigenvalue weighted by Gasteiger charge is -2.18. The molecule has 0 saturated heterocycles. The molecule has 0 aliphatic carbocycles. The zero-order chi connectivity index (χ0) is 49.8. The third-order valence-electron chi connectivity index (χ3n) is 11.1. The van der Waals surface area contributed by atoms with Gasteiger partial charge in [-0.1, -0.05) is 133 Å². The van der Waals surface area contributed by atoms with Gasteiger partial charge in [-0.15, -0.1) is 0 Å². The summed E-state index contributed by atoms with van der Waals surface area (Å²) >= 11 is 0. The van der Waals surface area contributed by atoms with Gasteiger partial charge < -0.3 is 30.3 Å². The van der Waals surface area contributed by atoms with E-state index in [1.807, 2.05) is 79.7 Å². The van der Waals surface area contributed by atoms with Gasteiger partial charge in [-0.05, 0) is 115 Å². The Morgan fingerprint density at radius 3 is 1.41 bits per heavy atom. The van der Waals surface area contributed by atoms with E-state index < -0.39 is 24.0 Å². The molecule has 0 aliphatic heterocycles. The number of anilines is 2. The van der Waals surface area contributed by atoms with E-state index in [-0.39, 0.29) is 24.4 Å². The first-order valence-corrected chi connectivity index (χ1v) is 22.8. The number of carbonyl (C=O) groups is 4. The van der Waals surface area contributed by atoms with Crippen molar-refractivity contribution in [2.45, 2.75) is 31.8 Å². The minimum absolute atomic E-state index is 0.190. The van der Waals surface area contributed by atoms with Gasteiger partial charge in [0.2, 0.25) is 0 Å². The van der Waals surface area contributed by atoms with E-state index in [1.54, 1.807) is 127 Å². The first kappa shape index (κ1) is 49.5. The number of rotatable bonds is 20. The van der Waals surface area contributed by atoms with Gasteiger partial charge in [0, 0.05) is 57.6 Å². The largest absolute Gasteiger partial charge is 0.490 e. The number of carboxylic acids is 2. The number of allylic oxidation sites excluding steroid dienone is 2. The Morgan fingerprint density at radius 1 is 0.521 bits per heavy atom. The molecular weight excluding hydrogens is 889 g/mol. The highest BCUT2D eigenvalue weighted by molar-refractivity contribution is 6.13. The van der Waals surface area contributed by atoms with Gasteiger partial charge in [0.05, 0.1) is 0 Å². The number of carbonyl (C=O) groups excluding carboxylic acids is 2. The molecular formula is C61H50N2O8. The van der Waals surface area contributed by atoms with Crippen molar-refractivity contribution in [3.63, 3.8) is 0 Å². The third-order valence-corrected chi connectivity index (χ3v) is 11.1. The van der Waals surface area contributed by atoms with Crippen LogP contribution in [0, 0.1) is 23.7 Å². The summed E-state index contributed by atoms with van der Waals surface area (Å²) in [6.07, 6.45) is 5.81. The standard InChI is InChI=1S/C61H50N2O8/c1-43(38-40-71-51-36-32-47(33-37-51)42-57(61(68)69)63-55-23-13-11-21-53(55)59(65)49-18-8-3-9-19-49)24-25-45-28-26-44(27-29-45)15-5-4-14-39-70-50-34-30-46(31-35-50)41-56(60(66)67)62-54-22-12-10-20-52(54)58(64)48-16-6-2-7-17-48/h2-4,6-14,16-23,26-38,56-57,62-63H,39-42H2,1H3,(H,66,67)(H,68,69). The number of benzene rings is 7. The summed E-state index contributed by atoms with van der Waals surface area (Å²) in [6, 6.07) is 51.8. The summed E-state index contributed by atoms with van der Waals surface area (Å²) in [5, 5.41) is 26.2. The number of ketones is 2. The normalized spacial score (nSPS) is 11.7. The van der Waals surface area contributed by atoms with Gasteiger partial charge in [0.25, 0.3) is 0 Å². The van der Waals surface area contributed by atoms with E-state index in [1.165, 1.54) is 0 Å². The second kappa shape index (κ2) is 25.1. The second-order valence-electron chi connectivity index (χ2n) is 16.3. The van der Waals surface area contributed by atoms with Crippen LogP contribution in [0.4, 0.5) is 11.4 Å². The van der Waals surface area contributed by atoms with Crippen molar-refractivity contribution in [3.05, 3.63) is 250 Å². The topological polar surface area (TPSA) is 151 Å². The minimum atomic E-state index is -1.03. The van der Waals surface area contributed by atoms with Gasteiger partial charge in [-0.2, -0.15) is 0 Å². The number of hydrogen-bond acceptors (Lipinski definition) is 8. The zero-order valence-electron chi connectivity index (χ0n) is 38.9. The van der Waals surface area contributed by atoms with Crippen LogP contribution in [0.1, 0.15) is 61.0 Å². The minimum Gasteiger partial charge on any atom is -0.490 e. The summed E-state index contributed by atoms with van der Waals surface area (Å²) < 4.78 is 11.7. The molecule has 0 amide bonds. The van der Waals surface area contributed by atoms with Crippen molar-refractivity contribution in [1.82, 2.24) is 0 Å². The van der Waals surface area contributed by atoms with Crippen LogP contribution in [-0.4, -0.2) is 59.0 Å². The number of aliphatic carboxylic acids is 2. The van der Waals surface area contributed by atoms with Crippen LogP contribution >= 0.6 is 0 Å². The molecule has 71 heavy (non-hydrogen) atoms. The van der Waals surface area contributed by atoms with Gasteiger partial charge in [-0.25, -0.2) is 9.59 Å². The molecule has 7 aromatic carbocycles. The smallest absolute Gasteiger partial charge is 0.326 e. The van der Waals surface area contributed by atoms with Crippen molar-refractivity contribution >= 4 is 34.9 Å². The number of hydrogen-bond donors (Lipinski definition) is 4. The molecule has 4 N–H and O–H groups in total. The van der Waals surface area contributed by atoms with Gasteiger partial charge in [-0.3, -0.25) is 9.59 Å². The van der Waals surface area contributed by atoms with Gasteiger partial charge in [0.1, 0.15) is 36.8 Å². The molecule has 0 fully saturated rings. The molecule has 0 bridgehead atoms. The van der Waals surface area contributed by atoms with Crippen LogP contribution in [0.2, 0.25) is 0 Å². The SMILES string of the molecule is CC(C#Cc1ccc(C#CC=CCOc2ccc(CC(Nc3ccccc3C(=O)c3ccccc3)C(=O)O)cc2)cc1)=CCOc1ccc(CC(Nc2ccccc2C(=O)c2ccccc2)C(=O)O)cc1. The van der Waals surface area contributed by atoms with Crippen LogP contribution in [-0.2, 0) is 22.4 Å². The molecule has 0 saturated carbocycles. The highest BCUT2D eigenvalue weighted by atomic mass is 16.5. The predicted molar refractivity (Wildman–Crippen MR) is 277 cm³/mol. The molecule has 7 rings (SSSR count). The quantitative estimate of drug-likeness (QED) is 0.0429. The van der Waals surface area contributed by atoms with E-state index in [2.05, 4.69) is 34.3 Å². The van der Waals surface area contributed by atoms with E-state index in [0.717, 1.165) is 27.8 Å². The summed E-state index contributed by atoms with van der Waals surface area (Å²) in [5.41, 5.74) is 6.86. The number of para-hydroxylation sites is 2. The summed E-state index contributed by atoms with van der Waals surface area (Å²) in [7, 11) is 0. The fourth-order valence-corrected chi connectivity index (χ4v) is 7.29. The fraction of sp³-hybridized carbons (Fsp3) is 0.115. The third kappa shape index (κ3) is 14.8. The summed E-state index contributed by atoms with van der Waals surface area (Å²) in [4.78, 5) is 50.9. The molecule has 10 nitrogen and oxygen atoms in total. The molecule has 0 heterocycles. The lowest BCUT2D eigenvalue weighted by Crippen LogP contribution is -2.32. The van der Waals surface area contributed by atoms with Gasteiger partial charge >= 0.3 is 11.9 Å². The maximum absolute atomic E-state index is 13.2. The number of ether oxygens (including phenoxy) is 2. The molecule has 0 aliphatic rings. The first-order valence-electron chi connectivity index (χ1n) is 22.8. The van der Waals surface area contributed by atoms with Crippen molar-refractivity contribution < 1.29 is 38.9 Å². The zero-order valence-corrected chi connectivity index (χ0v) is 38.9. The Kier molecular flexibility index (Phi) is 17.5. The lowest BCUT2D eigenvalue weighted by atomic mass is 10.00. The van der Waals surface area contributed by atoms with Crippen molar-refractivity contribution in [2.24, 2.45) is 0 Å². The second-order valence-corrected chi connectivity index (χ2v) is 16.3. The van der Waals surface area contributed by atoms with Crippen molar-refractivity contribution in [2.75, 3.05) is 23.8 Å². The average Bonchev–Trinajstić information content (AvgIpc) is 3.40. The molecule has 0 spiro atoms. The molecule has 7 aromatic rings. The Morgan fingerprint density at radius 2 is 0.944 bits per heavy atom. The number of nitrogens with one attached hydrogen (secondary N) is 2. The van der Waals surface area contributed by atoms with Crippen molar-refractivity contribution in [3.8, 4) is 35.2 Å². The Bertz CT molecular complexity index is 3140. The van der Waals surface area contributed by atoms with Gasteiger partial charge in [0.15, 0.2) is 11.6 Å². The fourth-order valence-electron chi connectivity index (χ4n) is 7.29. The monoisotopic (exact) mass is 938 g/mol. The number of carboxylic acid groups (broad SMARTS) is 2. The van der Waals surface area contributed by atoms with E-state index in [0.29, 0.717) is 58.3 Å². The van der Waals surface area contributed by atoms with Crippen LogP contribution < -0.4 is 20.1 Å². The van der Waals surface area contributed by atoms with E-state index >= 15 is 0 Å². The van der Waals surface area contributed by atoms with Crippen LogP contribution in [0.5, 0.6) is 11.5 Å². The van der Waals surface area contributed by atoms with Crippen LogP contribution in [0.15, 0.2) is 206 Å². The maximum Gasteiger partial charge on any atom is 0.326 e. The molecule has 0 radical (unpaired) electrons. The Hall–Kier alpha value is -9.38. The highest BCUT2D eigenvalue weighted by Crippen LogP contribution is 2.24. The molecule has 0 aromatic heterocycles. The van der Waals surface area contributed by atoms with E-state index in [4.69, 9.17) is 9.47 Å². The van der Waals surface area contributed by atoms with Crippen molar-refractivity contribution in [1.29, 1.82) is 0 Å². The molecule has 2 unspecified atom stereocenters. The summed E-state index contributed by atoms with van der Waals surface area (Å²) in [5.74, 6) is 11.2. The molecule has 2 atom stereocenters. The lowest BCUT2D eigenvalue weighted by molar-refractivity contribution is -0.138.